The summed E-state index contributed by atoms with van der Waals surface area (Å²) in [7, 11) is 3.93. The number of aliphatic hydroxyl groups excluding tert-OH is 1. The molecular formula is C12H30N4O2. The van der Waals surface area contributed by atoms with E-state index in [-0.39, 0.29) is 6.61 Å². The first-order valence-electron chi connectivity index (χ1n) is 6.74. The number of hydrogen-bond donors (Lipinski definition) is 4. The highest BCUT2D eigenvalue weighted by atomic mass is 16.5. The van der Waals surface area contributed by atoms with Gasteiger partial charge in [0.25, 0.3) is 0 Å². The molecule has 0 aliphatic heterocycles. The molecule has 0 radical (unpaired) electrons. The minimum atomic E-state index is 0.207. The van der Waals surface area contributed by atoms with Gasteiger partial charge in [-0.15, -0.1) is 0 Å². The zero-order chi connectivity index (χ0) is 13.5. The van der Waals surface area contributed by atoms with Crippen molar-refractivity contribution in [3.8, 4) is 0 Å². The third kappa shape index (κ3) is 13.8. The molecule has 0 spiro atoms. The predicted molar refractivity (Wildman–Crippen MR) is 75.1 cm³/mol. The van der Waals surface area contributed by atoms with E-state index in [4.69, 9.17) is 9.84 Å². The molecule has 18 heavy (non-hydrogen) atoms. The van der Waals surface area contributed by atoms with Crippen LogP contribution in [0.3, 0.4) is 0 Å². The summed E-state index contributed by atoms with van der Waals surface area (Å²) < 4.78 is 5.48. The van der Waals surface area contributed by atoms with Crippen LogP contribution in [0, 0.1) is 0 Å². The maximum atomic E-state index is 8.71. The Morgan fingerprint density at radius 3 is 2.28 bits per heavy atom. The Morgan fingerprint density at radius 1 is 0.944 bits per heavy atom. The molecule has 0 aromatic rings. The van der Waals surface area contributed by atoms with Crippen molar-refractivity contribution in [3.63, 3.8) is 0 Å². The monoisotopic (exact) mass is 262 g/mol. The summed E-state index contributed by atoms with van der Waals surface area (Å²) >= 11 is 0. The van der Waals surface area contributed by atoms with Crippen LogP contribution in [0.1, 0.15) is 0 Å². The highest BCUT2D eigenvalue weighted by Crippen LogP contribution is 1.82. The Hall–Kier alpha value is -0.240. The van der Waals surface area contributed by atoms with Gasteiger partial charge in [0.2, 0.25) is 0 Å². The van der Waals surface area contributed by atoms with Crippen molar-refractivity contribution in [3.05, 3.63) is 0 Å². The predicted octanol–water partition coefficient (Wildman–Crippen LogP) is -1.67. The van der Waals surface area contributed by atoms with E-state index in [1.807, 2.05) is 14.1 Å². The lowest BCUT2D eigenvalue weighted by atomic mass is 10.5. The lowest BCUT2D eigenvalue weighted by Crippen LogP contribution is -2.33. The lowest BCUT2D eigenvalue weighted by Gasteiger charge is -2.14. The first-order chi connectivity index (χ1) is 8.81. The van der Waals surface area contributed by atoms with Gasteiger partial charge in [-0.05, 0) is 14.1 Å². The molecule has 0 aliphatic carbocycles. The van der Waals surface area contributed by atoms with Crippen molar-refractivity contribution >= 4 is 0 Å². The van der Waals surface area contributed by atoms with Crippen LogP contribution in [0.4, 0.5) is 0 Å². The summed E-state index contributed by atoms with van der Waals surface area (Å²) in [6.07, 6.45) is 0. The summed E-state index contributed by atoms with van der Waals surface area (Å²) in [4.78, 5) is 2.05. The third-order valence-electron chi connectivity index (χ3n) is 2.55. The summed E-state index contributed by atoms with van der Waals surface area (Å²) in [6, 6.07) is 0. The van der Waals surface area contributed by atoms with Crippen LogP contribution in [-0.2, 0) is 4.74 Å². The van der Waals surface area contributed by atoms with Crippen molar-refractivity contribution in [2.75, 3.05) is 79.7 Å². The molecule has 0 amide bonds. The van der Waals surface area contributed by atoms with E-state index < -0.39 is 0 Å². The molecule has 0 bridgehead atoms. The number of nitrogens with one attached hydrogen (secondary N) is 3. The van der Waals surface area contributed by atoms with Crippen molar-refractivity contribution in [2.45, 2.75) is 0 Å². The molecule has 0 aromatic carbocycles. The standard InChI is InChI=1S/C12H30N4O2/c1-13-3-4-14-5-6-15-7-11-18-12-9-16(2)8-10-17/h13-15,17H,3-12H2,1-2H3. The topological polar surface area (TPSA) is 68.8 Å². The highest BCUT2D eigenvalue weighted by Gasteiger charge is 1.96. The third-order valence-corrected chi connectivity index (χ3v) is 2.55. The molecule has 0 aromatic heterocycles. The fourth-order valence-corrected chi connectivity index (χ4v) is 1.39. The number of likely N-dealkylation sites (N-methyl/N-ethyl adjacent to an activating group) is 2. The zero-order valence-electron chi connectivity index (χ0n) is 11.9. The molecule has 6 nitrogen and oxygen atoms in total. The fourth-order valence-electron chi connectivity index (χ4n) is 1.39. The number of hydrogen-bond acceptors (Lipinski definition) is 6. The number of nitrogens with zero attached hydrogens (tertiary/aromatic N) is 1. The smallest absolute Gasteiger partial charge is 0.0593 e. The Balaban J connectivity index is 2.98. The van der Waals surface area contributed by atoms with Crippen LogP contribution in [0.5, 0.6) is 0 Å². The Bertz CT molecular complexity index is 161. The van der Waals surface area contributed by atoms with Gasteiger partial charge in [0.1, 0.15) is 0 Å². The molecule has 0 saturated heterocycles. The van der Waals surface area contributed by atoms with Crippen LogP contribution in [0.2, 0.25) is 0 Å². The average molecular weight is 262 g/mol. The second kappa shape index (κ2) is 14.8. The van der Waals surface area contributed by atoms with Crippen LogP contribution in [-0.4, -0.2) is 89.7 Å². The molecule has 4 N–H and O–H groups in total. The van der Waals surface area contributed by atoms with Crippen LogP contribution < -0.4 is 16.0 Å². The van der Waals surface area contributed by atoms with E-state index >= 15 is 0 Å². The quantitative estimate of drug-likeness (QED) is 0.281. The van der Waals surface area contributed by atoms with Crippen molar-refractivity contribution in [1.82, 2.24) is 20.9 Å². The zero-order valence-corrected chi connectivity index (χ0v) is 11.9. The molecule has 6 heteroatoms. The lowest BCUT2D eigenvalue weighted by molar-refractivity contribution is 0.107. The Kier molecular flexibility index (Phi) is 14.6. The van der Waals surface area contributed by atoms with Gasteiger partial charge in [-0.1, -0.05) is 0 Å². The summed E-state index contributed by atoms with van der Waals surface area (Å²) in [5.74, 6) is 0. The van der Waals surface area contributed by atoms with Gasteiger partial charge < -0.3 is 30.7 Å². The first-order valence-corrected chi connectivity index (χ1v) is 6.74. The van der Waals surface area contributed by atoms with Gasteiger partial charge in [-0.3, -0.25) is 0 Å². The average Bonchev–Trinajstić information content (AvgIpc) is 2.36. The minimum Gasteiger partial charge on any atom is -0.395 e. The molecule has 0 aliphatic rings. The van der Waals surface area contributed by atoms with Gasteiger partial charge in [-0.25, -0.2) is 0 Å². The number of aliphatic hydroxyl groups is 1. The Morgan fingerprint density at radius 2 is 1.61 bits per heavy atom. The van der Waals surface area contributed by atoms with Gasteiger partial charge in [0.05, 0.1) is 19.8 Å². The number of rotatable bonds is 14. The largest absolute Gasteiger partial charge is 0.395 e. The van der Waals surface area contributed by atoms with Gasteiger partial charge in [0, 0.05) is 45.8 Å². The summed E-state index contributed by atoms with van der Waals surface area (Å²) in [5.41, 5.74) is 0. The molecule has 110 valence electrons. The van der Waals surface area contributed by atoms with Crippen LogP contribution in [0.25, 0.3) is 0 Å². The second-order valence-corrected chi connectivity index (χ2v) is 4.24. The number of ether oxygens (including phenoxy) is 1. The van der Waals surface area contributed by atoms with Gasteiger partial charge in [-0.2, -0.15) is 0 Å². The molecule has 0 atom stereocenters. The minimum absolute atomic E-state index is 0.207. The SMILES string of the molecule is CNCCNCCNCCOCCN(C)CCO. The summed E-state index contributed by atoms with van der Waals surface area (Å²) in [6.45, 7) is 8.10. The van der Waals surface area contributed by atoms with E-state index in [1.165, 1.54) is 0 Å². The van der Waals surface area contributed by atoms with Gasteiger partial charge in [0.15, 0.2) is 0 Å². The van der Waals surface area contributed by atoms with Gasteiger partial charge >= 0.3 is 0 Å². The maximum Gasteiger partial charge on any atom is 0.0593 e. The second-order valence-electron chi connectivity index (χ2n) is 4.24. The van der Waals surface area contributed by atoms with E-state index in [2.05, 4.69) is 20.9 Å². The molecule has 0 saturated carbocycles. The first kappa shape index (κ1) is 17.8. The fraction of sp³-hybridized carbons (Fsp3) is 1.00. The van der Waals surface area contributed by atoms with E-state index in [0.717, 1.165) is 52.5 Å². The van der Waals surface area contributed by atoms with Crippen molar-refractivity contribution in [1.29, 1.82) is 0 Å². The van der Waals surface area contributed by atoms with E-state index in [9.17, 15) is 0 Å². The highest BCUT2D eigenvalue weighted by molar-refractivity contribution is 4.53. The van der Waals surface area contributed by atoms with E-state index in [1.54, 1.807) is 0 Å². The Labute approximate surface area is 111 Å². The molecule has 0 fully saturated rings. The molecule has 0 rings (SSSR count). The van der Waals surface area contributed by atoms with E-state index in [0.29, 0.717) is 6.54 Å². The summed E-state index contributed by atoms with van der Waals surface area (Å²) in [5, 5.41) is 18.4. The normalized spacial score (nSPS) is 11.3. The van der Waals surface area contributed by atoms with Crippen molar-refractivity contribution in [2.24, 2.45) is 0 Å². The van der Waals surface area contributed by atoms with Crippen molar-refractivity contribution < 1.29 is 9.84 Å². The molecular weight excluding hydrogens is 232 g/mol. The van der Waals surface area contributed by atoms with Crippen LogP contribution in [0.15, 0.2) is 0 Å². The molecule has 0 heterocycles. The van der Waals surface area contributed by atoms with Crippen LogP contribution >= 0.6 is 0 Å². The molecule has 0 unspecified atom stereocenters. The maximum absolute atomic E-state index is 8.71.